The summed E-state index contributed by atoms with van der Waals surface area (Å²) in [5, 5.41) is 6.09. The van der Waals surface area contributed by atoms with Gasteiger partial charge in [-0.1, -0.05) is 11.3 Å². The third kappa shape index (κ3) is 2.23. The van der Waals surface area contributed by atoms with E-state index < -0.39 is 6.04 Å². The maximum atomic E-state index is 12.0. The number of likely N-dealkylation sites (tertiary alicyclic amines) is 1. The number of carbonyl (C=O) groups excluding carboxylic acids is 2. The Labute approximate surface area is 108 Å². The van der Waals surface area contributed by atoms with Crippen molar-refractivity contribution < 1.29 is 9.59 Å². The number of hydrogen-bond acceptors (Lipinski definition) is 6. The van der Waals surface area contributed by atoms with Gasteiger partial charge in [0.15, 0.2) is 5.13 Å². The van der Waals surface area contributed by atoms with Crippen molar-refractivity contribution >= 4 is 34.1 Å². The van der Waals surface area contributed by atoms with Crippen LogP contribution in [0.2, 0.25) is 0 Å². The van der Waals surface area contributed by atoms with Gasteiger partial charge in [-0.25, -0.2) is 4.98 Å². The van der Waals surface area contributed by atoms with E-state index in [1.807, 2.05) is 0 Å². The molecule has 4 N–H and O–H groups in total. The second-order valence-corrected chi connectivity index (χ2v) is 5.06. The first-order valence-electron chi connectivity index (χ1n) is 5.53. The van der Waals surface area contributed by atoms with Crippen LogP contribution in [0.4, 0.5) is 10.9 Å². The molecule has 1 fully saturated rings. The molecule has 2 amide bonds. The van der Waals surface area contributed by atoms with Crippen molar-refractivity contribution in [2.24, 2.45) is 0 Å². The largest absolute Gasteiger partial charge is 0.382 e. The molecule has 1 saturated heterocycles. The van der Waals surface area contributed by atoms with Crippen LogP contribution in [0, 0.1) is 0 Å². The van der Waals surface area contributed by atoms with E-state index in [9.17, 15) is 9.59 Å². The second kappa shape index (κ2) is 4.81. The van der Waals surface area contributed by atoms with Gasteiger partial charge in [0.05, 0.1) is 0 Å². The number of nitrogens with one attached hydrogen (secondary N) is 2. The minimum Gasteiger partial charge on any atom is -0.382 e. The summed E-state index contributed by atoms with van der Waals surface area (Å²) in [5.41, 5.74) is 5.66. The van der Waals surface area contributed by atoms with Crippen molar-refractivity contribution in [1.29, 1.82) is 0 Å². The highest BCUT2D eigenvalue weighted by atomic mass is 32.1. The first kappa shape index (κ1) is 12.6. The summed E-state index contributed by atoms with van der Waals surface area (Å²) in [7, 11) is 3.42. The minimum absolute atomic E-state index is 0.0692. The monoisotopic (exact) mass is 269 g/mol. The maximum Gasteiger partial charge on any atom is 0.265 e. The lowest BCUT2D eigenvalue weighted by Gasteiger charge is -2.11. The molecule has 7 nitrogen and oxygen atoms in total. The van der Waals surface area contributed by atoms with Crippen molar-refractivity contribution in [3.63, 3.8) is 0 Å². The van der Waals surface area contributed by atoms with Crippen LogP contribution in [0.5, 0.6) is 0 Å². The average molecular weight is 269 g/mol. The molecule has 0 bridgehead atoms. The Kier molecular flexibility index (Phi) is 3.37. The number of likely N-dealkylation sites (N-methyl/N-ethyl adjacent to an activating group) is 1. The van der Waals surface area contributed by atoms with Gasteiger partial charge in [0.25, 0.3) is 5.91 Å². The van der Waals surface area contributed by atoms with Gasteiger partial charge >= 0.3 is 0 Å². The van der Waals surface area contributed by atoms with Crippen LogP contribution in [-0.4, -0.2) is 48.4 Å². The second-order valence-electron chi connectivity index (χ2n) is 4.06. The van der Waals surface area contributed by atoms with E-state index in [1.54, 1.807) is 19.0 Å². The van der Waals surface area contributed by atoms with E-state index in [4.69, 9.17) is 5.73 Å². The highest BCUT2D eigenvalue weighted by Gasteiger charge is 2.31. The summed E-state index contributed by atoms with van der Waals surface area (Å²) in [6.45, 7) is 0.656. The lowest BCUT2D eigenvalue weighted by molar-refractivity contribution is -0.128. The van der Waals surface area contributed by atoms with Gasteiger partial charge in [0.1, 0.15) is 16.7 Å². The lowest BCUT2D eigenvalue weighted by atomic mass is 10.2. The van der Waals surface area contributed by atoms with Gasteiger partial charge in [-0.3, -0.25) is 9.59 Å². The van der Waals surface area contributed by atoms with Crippen molar-refractivity contribution in [3.05, 3.63) is 4.88 Å². The highest BCUT2D eigenvalue weighted by Crippen LogP contribution is 2.24. The molecule has 0 spiro atoms. The molecule has 2 rings (SSSR count). The molecule has 1 unspecified atom stereocenters. The molecule has 98 valence electrons. The molecule has 1 aromatic heterocycles. The lowest BCUT2D eigenvalue weighted by Crippen LogP contribution is -2.40. The molecule has 2 heterocycles. The fourth-order valence-corrected chi connectivity index (χ4v) is 2.52. The van der Waals surface area contributed by atoms with Gasteiger partial charge in [0.2, 0.25) is 5.91 Å². The molecule has 18 heavy (non-hydrogen) atoms. The van der Waals surface area contributed by atoms with E-state index in [1.165, 1.54) is 11.3 Å². The zero-order valence-electron chi connectivity index (χ0n) is 10.2. The van der Waals surface area contributed by atoms with Crippen LogP contribution in [0.15, 0.2) is 0 Å². The third-order valence-electron chi connectivity index (χ3n) is 2.81. The Morgan fingerprint density at radius 3 is 2.83 bits per heavy atom. The van der Waals surface area contributed by atoms with E-state index in [0.717, 1.165) is 0 Å². The molecule has 1 aliphatic heterocycles. The van der Waals surface area contributed by atoms with Crippen LogP contribution in [0.1, 0.15) is 16.1 Å². The zero-order valence-corrected chi connectivity index (χ0v) is 11.0. The number of thiazole rings is 1. The topological polar surface area (TPSA) is 100 Å². The zero-order chi connectivity index (χ0) is 13.3. The Bertz CT molecular complexity index is 487. The molecule has 8 heteroatoms. The van der Waals surface area contributed by atoms with Gasteiger partial charge in [-0.2, -0.15) is 0 Å². The maximum absolute atomic E-state index is 12.0. The number of nitrogens with zero attached hydrogens (tertiary/aromatic N) is 2. The van der Waals surface area contributed by atoms with Crippen LogP contribution >= 0.6 is 11.3 Å². The normalized spacial score (nSPS) is 19.1. The summed E-state index contributed by atoms with van der Waals surface area (Å²) in [4.78, 5) is 29.6. The molecule has 0 saturated carbocycles. The molecule has 0 radical (unpaired) electrons. The number of anilines is 2. The first-order valence-corrected chi connectivity index (χ1v) is 6.34. The molecule has 0 aliphatic carbocycles. The SMILES string of the molecule is CNc1nc(N)c(C(=O)NC2CCN(C)C2=O)s1. The van der Waals surface area contributed by atoms with E-state index in [0.29, 0.717) is 23.0 Å². The van der Waals surface area contributed by atoms with E-state index >= 15 is 0 Å². The molecular weight excluding hydrogens is 254 g/mol. The predicted octanol–water partition coefficient (Wildman–Crippen LogP) is -0.272. The molecule has 1 aliphatic rings. The van der Waals surface area contributed by atoms with E-state index in [2.05, 4.69) is 15.6 Å². The number of nitrogen functional groups attached to an aromatic ring is 1. The van der Waals surface area contributed by atoms with Crippen LogP contribution in [0.25, 0.3) is 0 Å². The van der Waals surface area contributed by atoms with Gasteiger partial charge in [-0.05, 0) is 6.42 Å². The van der Waals surface area contributed by atoms with Gasteiger partial charge in [0, 0.05) is 20.6 Å². The predicted molar refractivity (Wildman–Crippen MR) is 69.6 cm³/mol. The standard InChI is InChI=1S/C10H15N5O2S/c1-12-10-14-7(11)6(18-10)8(16)13-5-3-4-15(2)9(5)17/h5H,3-4,11H2,1-2H3,(H,12,14)(H,13,16). The number of nitrogens with two attached hydrogens (primary N) is 1. The quantitative estimate of drug-likeness (QED) is 0.701. The molecule has 0 aromatic carbocycles. The third-order valence-corrected chi connectivity index (χ3v) is 3.89. The number of rotatable bonds is 3. The summed E-state index contributed by atoms with van der Waals surface area (Å²) in [5.74, 6) is -0.235. The van der Waals surface area contributed by atoms with Crippen molar-refractivity contribution in [2.45, 2.75) is 12.5 Å². The number of hydrogen-bond donors (Lipinski definition) is 3. The number of carbonyl (C=O) groups is 2. The summed E-state index contributed by atoms with van der Waals surface area (Å²) in [6, 6.07) is -0.456. The molecular formula is C10H15N5O2S. The fraction of sp³-hybridized carbons (Fsp3) is 0.500. The van der Waals surface area contributed by atoms with Crippen LogP contribution < -0.4 is 16.4 Å². The Balaban J connectivity index is 2.08. The molecule has 1 atom stereocenters. The Morgan fingerprint density at radius 1 is 1.61 bits per heavy atom. The van der Waals surface area contributed by atoms with Crippen molar-refractivity contribution in [2.75, 3.05) is 31.7 Å². The smallest absolute Gasteiger partial charge is 0.265 e. The molecule has 1 aromatic rings. The first-order chi connectivity index (χ1) is 8.52. The fourth-order valence-electron chi connectivity index (χ4n) is 1.78. The minimum atomic E-state index is -0.456. The van der Waals surface area contributed by atoms with Gasteiger partial charge < -0.3 is 21.3 Å². The van der Waals surface area contributed by atoms with Crippen molar-refractivity contribution in [3.8, 4) is 0 Å². The van der Waals surface area contributed by atoms with Crippen molar-refractivity contribution in [1.82, 2.24) is 15.2 Å². The van der Waals surface area contributed by atoms with Gasteiger partial charge in [-0.15, -0.1) is 0 Å². The summed E-state index contributed by atoms with van der Waals surface area (Å²) < 4.78 is 0. The summed E-state index contributed by atoms with van der Waals surface area (Å²) in [6.07, 6.45) is 0.624. The van der Waals surface area contributed by atoms with Crippen LogP contribution in [-0.2, 0) is 4.79 Å². The Morgan fingerprint density at radius 2 is 2.33 bits per heavy atom. The van der Waals surface area contributed by atoms with E-state index in [-0.39, 0.29) is 17.6 Å². The summed E-state index contributed by atoms with van der Waals surface area (Å²) >= 11 is 1.17. The number of amides is 2. The number of aromatic nitrogens is 1. The van der Waals surface area contributed by atoms with Crippen LogP contribution in [0.3, 0.4) is 0 Å². The average Bonchev–Trinajstić information content (AvgIpc) is 2.86. The Hall–Kier alpha value is -1.83. The highest BCUT2D eigenvalue weighted by molar-refractivity contribution is 7.18.